The van der Waals surface area contributed by atoms with Gasteiger partial charge < -0.3 is 5.32 Å². The molecule has 7 heteroatoms. The molecule has 0 fully saturated rings. The van der Waals surface area contributed by atoms with Crippen LogP contribution >= 0.6 is 23.2 Å². The standard InChI is InChI=1S/C17H11Cl2N3O2/c18-11-4-5-13(14(19)9-11)17(24)20-12-3-1-2-10(8-12)15-6-7-16(23)22-21-15/h1-9H,(H,20,24)(H,22,23). The molecule has 0 unspecified atom stereocenters. The molecule has 0 saturated heterocycles. The van der Waals surface area contributed by atoms with E-state index >= 15 is 0 Å². The van der Waals surface area contributed by atoms with E-state index in [4.69, 9.17) is 23.2 Å². The summed E-state index contributed by atoms with van der Waals surface area (Å²) in [5.41, 5.74) is 1.98. The number of hydrogen-bond donors (Lipinski definition) is 2. The van der Waals surface area contributed by atoms with E-state index in [-0.39, 0.29) is 16.5 Å². The van der Waals surface area contributed by atoms with Crippen LogP contribution in [-0.4, -0.2) is 16.1 Å². The molecule has 5 nitrogen and oxygen atoms in total. The van der Waals surface area contributed by atoms with Gasteiger partial charge in [-0.2, -0.15) is 5.10 Å². The lowest BCUT2D eigenvalue weighted by molar-refractivity contribution is 0.102. The highest BCUT2D eigenvalue weighted by Gasteiger charge is 2.11. The molecule has 1 heterocycles. The van der Waals surface area contributed by atoms with E-state index in [1.807, 2.05) is 6.07 Å². The highest BCUT2D eigenvalue weighted by molar-refractivity contribution is 6.37. The van der Waals surface area contributed by atoms with Crippen LogP contribution in [0.25, 0.3) is 11.3 Å². The molecule has 0 saturated carbocycles. The first-order chi connectivity index (χ1) is 11.5. The van der Waals surface area contributed by atoms with Crippen molar-refractivity contribution in [3.05, 3.63) is 80.6 Å². The first kappa shape index (κ1) is 16.2. The molecule has 3 aromatic rings. The van der Waals surface area contributed by atoms with Crippen molar-refractivity contribution in [3.63, 3.8) is 0 Å². The van der Waals surface area contributed by atoms with Crippen LogP contribution in [0.3, 0.4) is 0 Å². The first-order valence-electron chi connectivity index (χ1n) is 6.95. The first-order valence-corrected chi connectivity index (χ1v) is 7.71. The molecule has 2 aromatic carbocycles. The van der Waals surface area contributed by atoms with Crippen LogP contribution in [0, 0.1) is 0 Å². The monoisotopic (exact) mass is 359 g/mol. The number of halogens is 2. The minimum absolute atomic E-state index is 0.276. The number of aromatic amines is 1. The molecule has 1 aromatic heterocycles. The molecule has 0 spiro atoms. The van der Waals surface area contributed by atoms with Crippen molar-refractivity contribution >= 4 is 34.8 Å². The Labute approximate surface area is 147 Å². The maximum atomic E-state index is 12.3. The molecule has 0 aliphatic heterocycles. The van der Waals surface area contributed by atoms with Crippen molar-refractivity contribution < 1.29 is 4.79 Å². The zero-order chi connectivity index (χ0) is 17.1. The average Bonchev–Trinajstić information content (AvgIpc) is 2.55. The van der Waals surface area contributed by atoms with E-state index in [1.54, 1.807) is 36.4 Å². The Hall–Kier alpha value is -2.63. The summed E-state index contributed by atoms with van der Waals surface area (Å²) >= 11 is 11.9. The fourth-order valence-corrected chi connectivity index (χ4v) is 2.63. The van der Waals surface area contributed by atoms with E-state index in [0.29, 0.717) is 22.0 Å². The summed E-state index contributed by atoms with van der Waals surface area (Å²) in [6.45, 7) is 0. The van der Waals surface area contributed by atoms with Crippen LogP contribution in [0.15, 0.2) is 59.4 Å². The number of benzene rings is 2. The summed E-state index contributed by atoms with van der Waals surface area (Å²) in [7, 11) is 0. The highest BCUT2D eigenvalue weighted by Crippen LogP contribution is 2.23. The zero-order valence-corrected chi connectivity index (χ0v) is 13.7. The Kier molecular flexibility index (Phi) is 4.64. The summed E-state index contributed by atoms with van der Waals surface area (Å²) in [4.78, 5) is 23.4. The van der Waals surface area contributed by atoms with Gasteiger partial charge in [0.25, 0.3) is 11.5 Å². The molecule has 0 atom stereocenters. The maximum absolute atomic E-state index is 12.3. The third kappa shape index (κ3) is 3.64. The second-order valence-electron chi connectivity index (χ2n) is 4.97. The molecule has 0 radical (unpaired) electrons. The van der Waals surface area contributed by atoms with Crippen LogP contribution in [-0.2, 0) is 0 Å². The Balaban J connectivity index is 1.85. The minimum atomic E-state index is -0.344. The van der Waals surface area contributed by atoms with Crippen molar-refractivity contribution in [1.29, 1.82) is 0 Å². The summed E-state index contributed by atoms with van der Waals surface area (Å²) in [5.74, 6) is -0.344. The van der Waals surface area contributed by atoms with E-state index in [1.165, 1.54) is 12.1 Å². The molecule has 2 N–H and O–H groups in total. The van der Waals surface area contributed by atoms with Gasteiger partial charge >= 0.3 is 0 Å². The average molecular weight is 360 g/mol. The second-order valence-corrected chi connectivity index (χ2v) is 5.81. The van der Waals surface area contributed by atoms with E-state index in [2.05, 4.69) is 15.5 Å². The number of rotatable bonds is 3. The van der Waals surface area contributed by atoms with Crippen molar-refractivity contribution in [2.45, 2.75) is 0 Å². The van der Waals surface area contributed by atoms with Crippen LogP contribution < -0.4 is 10.9 Å². The number of carbonyl (C=O) groups is 1. The maximum Gasteiger partial charge on any atom is 0.264 e. The molecular formula is C17H11Cl2N3O2. The summed E-state index contributed by atoms with van der Waals surface area (Å²) < 4.78 is 0. The molecule has 0 aliphatic rings. The SMILES string of the molecule is O=C(Nc1cccc(-c2ccc(=O)[nH]n2)c1)c1ccc(Cl)cc1Cl. The summed E-state index contributed by atoms with van der Waals surface area (Å²) in [6.07, 6.45) is 0. The van der Waals surface area contributed by atoms with Gasteiger partial charge in [-0.05, 0) is 36.4 Å². The number of aromatic nitrogens is 2. The van der Waals surface area contributed by atoms with Crippen LogP contribution in [0.5, 0.6) is 0 Å². The van der Waals surface area contributed by atoms with Crippen molar-refractivity contribution in [3.8, 4) is 11.3 Å². The van der Waals surface area contributed by atoms with Gasteiger partial charge in [0.15, 0.2) is 0 Å². The lowest BCUT2D eigenvalue weighted by Gasteiger charge is -2.08. The Morgan fingerprint density at radius 1 is 1.04 bits per heavy atom. The lowest BCUT2D eigenvalue weighted by atomic mass is 10.1. The minimum Gasteiger partial charge on any atom is -0.322 e. The van der Waals surface area contributed by atoms with Gasteiger partial charge in [0.1, 0.15) is 0 Å². The van der Waals surface area contributed by atoms with Crippen LogP contribution in [0.2, 0.25) is 10.0 Å². The van der Waals surface area contributed by atoms with E-state index < -0.39 is 0 Å². The van der Waals surface area contributed by atoms with Crippen LogP contribution in [0.1, 0.15) is 10.4 Å². The predicted molar refractivity (Wildman–Crippen MR) is 94.7 cm³/mol. The number of H-pyrrole nitrogens is 1. The van der Waals surface area contributed by atoms with E-state index in [0.717, 1.165) is 5.56 Å². The normalized spacial score (nSPS) is 10.4. The number of nitrogens with zero attached hydrogens (tertiary/aromatic N) is 1. The quantitative estimate of drug-likeness (QED) is 0.742. The largest absolute Gasteiger partial charge is 0.322 e. The molecule has 0 bridgehead atoms. The Morgan fingerprint density at radius 2 is 1.88 bits per heavy atom. The van der Waals surface area contributed by atoms with Gasteiger partial charge in [-0.15, -0.1) is 0 Å². The van der Waals surface area contributed by atoms with Gasteiger partial charge in [0.2, 0.25) is 0 Å². The van der Waals surface area contributed by atoms with Crippen molar-refractivity contribution in [2.24, 2.45) is 0 Å². The number of amides is 1. The van der Waals surface area contributed by atoms with Gasteiger partial charge in [-0.3, -0.25) is 9.59 Å². The summed E-state index contributed by atoms with van der Waals surface area (Å²) in [5, 5.41) is 9.85. The Morgan fingerprint density at radius 3 is 2.58 bits per heavy atom. The van der Waals surface area contributed by atoms with E-state index in [9.17, 15) is 9.59 Å². The van der Waals surface area contributed by atoms with Crippen molar-refractivity contribution in [1.82, 2.24) is 10.2 Å². The zero-order valence-electron chi connectivity index (χ0n) is 12.2. The fourth-order valence-electron chi connectivity index (χ4n) is 2.13. The third-order valence-corrected chi connectivity index (χ3v) is 3.82. The molecular weight excluding hydrogens is 349 g/mol. The molecule has 3 rings (SSSR count). The second kappa shape index (κ2) is 6.86. The summed E-state index contributed by atoms with van der Waals surface area (Å²) in [6, 6.07) is 14.8. The highest BCUT2D eigenvalue weighted by atomic mass is 35.5. The number of carbonyl (C=O) groups excluding carboxylic acids is 1. The molecule has 0 aliphatic carbocycles. The number of anilines is 1. The van der Waals surface area contributed by atoms with Gasteiger partial charge in [-0.1, -0.05) is 35.3 Å². The molecule has 24 heavy (non-hydrogen) atoms. The third-order valence-electron chi connectivity index (χ3n) is 3.27. The van der Waals surface area contributed by atoms with Gasteiger partial charge in [-0.25, -0.2) is 5.10 Å². The fraction of sp³-hybridized carbons (Fsp3) is 0. The number of nitrogens with one attached hydrogen (secondary N) is 2. The van der Waals surface area contributed by atoms with Crippen LogP contribution in [0.4, 0.5) is 5.69 Å². The lowest BCUT2D eigenvalue weighted by Crippen LogP contribution is -2.12. The Bertz CT molecular complexity index is 950. The molecule has 120 valence electrons. The molecule has 1 amide bonds. The van der Waals surface area contributed by atoms with Crippen molar-refractivity contribution in [2.75, 3.05) is 5.32 Å². The smallest absolute Gasteiger partial charge is 0.264 e. The number of hydrogen-bond acceptors (Lipinski definition) is 3. The van der Waals surface area contributed by atoms with Gasteiger partial charge in [0, 0.05) is 22.3 Å². The van der Waals surface area contributed by atoms with Gasteiger partial charge in [0.05, 0.1) is 16.3 Å². The predicted octanol–water partition coefficient (Wildman–Crippen LogP) is 4.00. The topological polar surface area (TPSA) is 74.8 Å².